The van der Waals surface area contributed by atoms with Gasteiger partial charge in [0.2, 0.25) is 5.95 Å². The molecule has 7 nitrogen and oxygen atoms in total. The molecule has 4 heterocycles. The molecular formula is C15H15ClFN5O2. The van der Waals surface area contributed by atoms with E-state index in [0.717, 1.165) is 13.1 Å². The van der Waals surface area contributed by atoms with Gasteiger partial charge in [0, 0.05) is 37.5 Å². The molecule has 2 aliphatic rings. The van der Waals surface area contributed by atoms with E-state index < -0.39 is 11.5 Å². The Balaban J connectivity index is 1.79. The highest BCUT2D eigenvalue weighted by atomic mass is 35.5. The number of hydrogen-bond donors (Lipinski definition) is 2. The van der Waals surface area contributed by atoms with E-state index in [1.165, 1.54) is 12.3 Å². The third-order valence-electron chi connectivity index (χ3n) is 4.31. The number of hydrogen-bond acceptors (Lipinski definition) is 6. The average Bonchev–Trinajstić information content (AvgIpc) is 3.06. The third kappa shape index (κ3) is 2.66. The maximum absolute atomic E-state index is 13.4. The zero-order chi connectivity index (χ0) is 16.7. The number of morpholine rings is 1. The Morgan fingerprint density at radius 3 is 3.12 bits per heavy atom. The third-order valence-corrected chi connectivity index (χ3v) is 4.65. The monoisotopic (exact) mass is 351 g/mol. The fraction of sp³-hybridized carbons (Fsp3) is 0.400. The Labute approximate surface area is 141 Å². The summed E-state index contributed by atoms with van der Waals surface area (Å²) in [5, 5.41) is 3.30. The van der Waals surface area contributed by atoms with E-state index in [9.17, 15) is 9.18 Å². The zero-order valence-corrected chi connectivity index (χ0v) is 13.4. The van der Waals surface area contributed by atoms with Crippen molar-refractivity contribution in [3.05, 3.63) is 39.7 Å². The summed E-state index contributed by atoms with van der Waals surface area (Å²) in [5.74, 6) is 0.0161. The number of fused-ring (bicyclic) bond motifs is 1. The largest absolute Gasteiger partial charge is 0.373 e. The van der Waals surface area contributed by atoms with Crippen LogP contribution < -0.4 is 15.8 Å². The van der Waals surface area contributed by atoms with Gasteiger partial charge in [0.15, 0.2) is 5.82 Å². The van der Waals surface area contributed by atoms with Gasteiger partial charge in [-0.05, 0) is 6.07 Å². The Kier molecular flexibility index (Phi) is 3.95. The van der Waals surface area contributed by atoms with Crippen LogP contribution in [0.3, 0.4) is 0 Å². The molecule has 0 saturated carbocycles. The van der Waals surface area contributed by atoms with E-state index in [2.05, 4.69) is 20.3 Å². The SMILES string of the molecule is O=c1[nH]c(-c2ccnc(F)c2)nc(N2CCOC3CNCC32)c1Cl. The quantitative estimate of drug-likeness (QED) is 0.779. The first-order chi connectivity index (χ1) is 11.6. The first-order valence-corrected chi connectivity index (χ1v) is 8.02. The topological polar surface area (TPSA) is 83.1 Å². The van der Waals surface area contributed by atoms with Crippen molar-refractivity contribution in [2.24, 2.45) is 0 Å². The fourth-order valence-corrected chi connectivity index (χ4v) is 3.37. The fourth-order valence-electron chi connectivity index (χ4n) is 3.18. The smallest absolute Gasteiger partial charge is 0.272 e. The van der Waals surface area contributed by atoms with E-state index in [-0.39, 0.29) is 23.0 Å². The van der Waals surface area contributed by atoms with E-state index >= 15 is 0 Å². The van der Waals surface area contributed by atoms with Crippen LogP contribution in [0.4, 0.5) is 10.2 Å². The van der Waals surface area contributed by atoms with E-state index in [0.29, 0.717) is 24.5 Å². The first kappa shape index (κ1) is 15.5. The molecule has 2 saturated heterocycles. The molecular weight excluding hydrogens is 337 g/mol. The molecule has 0 aliphatic carbocycles. The van der Waals surface area contributed by atoms with Gasteiger partial charge in [0.25, 0.3) is 5.56 Å². The maximum atomic E-state index is 13.4. The van der Waals surface area contributed by atoms with Crippen molar-refractivity contribution in [3.8, 4) is 11.4 Å². The maximum Gasteiger partial charge on any atom is 0.272 e. The minimum Gasteiger partial charge on any atom is -0.373 e. The van der Waals surface area contributed by atoms with Crippen molar-refractivity contribution in [2.75, 3.05) is 31.1 Å². The molecule has 2 fully saturated rings. The predicted molar refractivity (Wildman–Crippen MR) is 86.8 cm³/mol. The van der Waals surface area contributed by atoms with Crippen LogP contribution in [0.25, 0.3) is 11.4 Å². The van der Waals surface area contributed by atoms with Crippen LogP contribution in [-0.4, -0.2) is 53.3 Å². The lowest BCUT2D eigenvalue weighted by molar-refractivity contribution is 0.0346. The molecule has 2 unspecified atom stereocenters. The lowest BCUT2D eigenvalue weighted by Crippen LogP contribution is -2.51. The number of halogens is 2. The minimum absolute atomic E-state index is 0.0285. The van der Waals surface area contributed by atoms with Crippen LogP contribution in [0.15, 0.2) is 23.1 Å². The van der Waals surface area contributed by atoms with Gasteiger partial charge in [-0.3, -0.25) is 4.79 Å². The second kappa shape index (κ2) is 6.12. The molecule has 0 amide bonds. The molecule has 0 bridgehead atoms. The van der Waals surface area contributed by atoms with Gasteiger partial charge < -0.3 is 19.9 Å². The zero-order valence-electron chi connectivity index (χ0n) is 12.6. The average molecular weight is 352 g/mol. The van der Waals surface area contributed by atoms with Crippen LogP contribution in [0.1, 0.15) is 0 Å². The highest BCUT2D eigenvalue weighted by Crippen LogP contribution is 2.29. The standard InChI is InChI=1S/C15H15ClFN5O2/c16-12-14(22-3-4-24-10-7-18-6-9(10)22)20-13(21-15(12)23)8-1-2-19-11(17)5-8/h1-2,5,9-10,18H,3-4,6-7H2,(H,20,21,23). The van der Waals surface area contributed by atoms with Gasteiger partial charge in [0.1, 0.15) is 10.8 Å². The number of aromatic amines is 1. The van der Waals surface area contributed by atoms with Crippen molar-refractivity contribution < 1.29 is 9.13 Å². The highest BCUT2D eigenvalue weighted by Gasteiger charge is 2.38. The van der Waals surface area contributed by atoms with Crippen LogP contribution in [0.5, 0.6) is 0 Å². The molecule has 24 heavy (non-hydrogen) atoms. The highest BCUT2D eigenvalue weighted by molar-refractivity contribution is 6.32. The number of nitrogens with zero attached hydrogens (tertiary/aromatic N) is 3. The molecule has 0 aromatic carbocycles. The number of aromatic nitrogens is 3. The number of H-pyrrole nitrogens is 1. The summed E-state index contributed by atoms with van der Waals surface area (Å²) in [7, 11) is 0. The first-order valence-electron chi connectivity index (χ1n) is 7.64. The Hall–Kier alpha value is -2.03. The molecule has 4 rings (SSSR count). The van der Waals surface area contributed by atoms with E-state index in [1.54, 1.807) is 6.07 Å². The molecule has 126 valence electrons. The molecule has 0 spiro atoms. The molecule has 2 aliphatic heterocycles. The van der Waals surface area contributed by atoms with Crippen molar-refractivity contribution in [3.63, 3.8) is 0 Å². The van der Waals surface area contributed by atoms with Gasteiger partial charge in [-0.25, -0.2) is 9.97 Å². The summed E-state index contributed by atoms with van der Waals surface area (Å²) in [6.45, 7) is 2.61. The van der Waals surface area contributed by atoms with E-state index in [4.69, 9.17) is 16.3 Å². The number of anilines is 1. The van der Waals surface area contributed by atoms with Crippen LogP contribution in [0, 0.1) is 5.95 Å². The van der Waals surface area contributed by atoms with Crippen molar-refractivity contribution in [1.29, 1.82) is 0 Å². The number of rotatable bonds is 2. The number of nitrogens with one attached hydrogen (secondary N) is 2. The number of ether oxygens (including phenoxy) is 1. The Morgan fingerprint density at radius 1 is 1.42 bits per heavy atom. The van der Waals surface area contributed by atoms with Crippen LogP contribution in [0.2, 0.25) is 5.02 Å². The van der Waals surface area contributed by atoms with Crippen molar-refractivity contribution in [1.82, 2.24) is 20.3 Å². The minimum atomic E-state index is -0.641. The molecule has 2 aromatic rings. The second-order valence-corrected chi connectivity index (χ2v) is 6.13. The van der Waals surface area contributed by atoms with Gasteiger partial charge in [-0.2, -0.15) is 4.39 Å². The normalized spacial score (nSPS) is 23.3. The van der Waals surface area contributed by atoms with Gasteiger partial charge >= 0.3 is 0 Å². The summed E-state index contributed by atoms with van der Waals surface area (Å²) in [4.78, 5) is 24.8. The van der Waals surface area contributed by atoms with Crippen molar-refractivity contribution in [2.45, 2.75) is 12.1 Å². The van der Waals surface area contributed by atoms with Gasteiger partial charge in [-0.15, -0.1) is 0 Å². The molecule has 2 atom stereocenters. The summed E-state index contributed by atoms with van der Waals surface area (Å²) in [6.07, 6.45) is 1.36. The summed E-state index contributed by atoms with van der Waals surface area (Å²) in [6, 6.07) is 2.86. The van der Waals surface area contributed by atoms with Crippen molar-refractivity contribution >= 4 is 17.4 Å². The predicted octanol–water partition coefficient (Wildman–Crippen LogP) is 0.801. The van der Waals surface area contributed by atoms with Crippen LogP contribution in [-0.2, 0) is 4.74 Å². The molecule has 9 heteroatoms. The summed E-state index contributed by atoms with van der Waals surface area (Å²) >= 11 is 6.21. The summed E-state index contributed by atoms with van der Waals surface area (Å²) in [5.41, 5.74) is -0.0187. The lowest BCUT2D eigenvalue weighted by Gasteiger charge is -2.38. The number of pyridine rings is 1. The molecule has 2 N–H and O–H groups in total. The molecule has 0 radical (unpaired) electrons. The van der Waals surface area contributed by atoms with Crippen LogP contribution >= 0.6 is 11.6 Å². The Bertz CT molecular complexity index is 830. The molecule has 2 aromatic heterocycles. The van der Waals surface area contributed by atoms with Gasteiger partial charge in [-0.1, -0.05) is 11.6 Å². The lowest BCUT2D eigenvalue weighted by atomic mass is 10.1. The van der Waals surface area contributed by atoms with Gasteiger partial charge in [0.05, 0.1) is 18.8 Å². The summed E-state index contributed by atoms with van der Waals surface area (Å²) < 4.78 is 19.1. The van der Waals surface area contributed by atoms with E-state index in [1.807, 2.05) is 4.90 Å². The Morgan fingerprint density at radius 2 is 2.29 bits per heavy atom. The second-order valence-electron chi connectivity index (χ2n) is 5.75.